The maximum Gasteiger partial charge on any atom is 0.285 e. The third kappa shape index (κ3) is 6.60. The number of Topliss-reactive ketones (excluding diaryl/α,β-unsaturated/α-hetero) is 1. The van der Waals surface area contributed by atoms with Gasteiger partial charge in [-0.25, -0.2) is 4.21 Å². The van der Waals surface area contributed by atoms with Crippen molar-refractivity contribution in [3.63, 3.8) is 0 Å². The summed E-state index contributed by atoms with van der Waals surface area (Å²) in [4.78, 5) is 30.3. The molecule has 1 aromatic heterocycles. The highest BCUT2D eigenvalue weighted by Gasteiger charge is 2.44. The number of aromatic nitrogens is 1. The number of halogens is 1. The van der Waals surface area contributed by atoms with Gasteiger partial charge in [-0.1, -0.05) is 48.0 Å². The van der Waals surface area contributed by atoms with E-state index in [1.165, 1.54) is 11.1 Å². The van der Waals surface area contributed by atoms with Crippen LogP contribution < -0.4 is 9.64 Å². The largest absolute Gasteiger partial charge is 0.490 e. The first-order chi connectivity index (χ1) is 25.1. The number of allylic oxidation sites excluding steroid dienone is 1. The molecule has 1 spiro atoms. The normalized spacial score (nSPS) is 28.2. The monoisotopic (exact) mass is 739 g/mol. The van der Waals surface area contributed by atoms with Crippen LogP contribution in [0.5, 0.6) is 5.75 Å². The predicted molar refractivity (Wildman–Crippen MR) is 207 cm³/mol. The Morgan fingerprint density at radius 1 is 1.10 bits per heavy atom. The van der Waals surface area contributed by atoms with E-state index in [1.54, 1.807) is 13.2 Å². The third-order valence-corrected chi connectivity index (χ3v) is 14.3. The lowest BCUT2D eigenvalue weighted by Gasteiger charge is -2.46. The molecule has 2 bridgehead atoms. The second kappa shape index (κ2) is 14.1. The Bertz CT molecular complexity index is 2200. The first-order valence-electron chi connectivity index (χ1n) is 18.5. The molecule has 8 rings (SSSR count). The van der Waals surface area contributed by atoms with Crippen LogP contribution in [0.15, 0.2) is 83.2 Å². The van der Waals surface area contributed by atoms with Crippen LogP contribution in [0.1, 0.15) is 70.5 Å². The fourth-order valence-electron chi connectivity index (χ4n) is 9.03. The molecule has 4 aliphatic rings. The molecular weight excluding hydrogens is 694 g/mol. The summed E-state index contributed by atoms with van der Waals surface area (Å²) in [5, 5.41) is 1.68. The number of hydrogen-bond donors (Lipinski definition) is 0. The molecule has 52 heavy (non-hydrogen) atoms. The standard InChI is InChI=1S/C42H46ClN3O5S/c1-45-35-11-6-5-9-29(35)22-36(45)38(47)25-52(49)20-7-3-4-12-39(50-2)33-16-13-31(33)24-46-26-42(19-8-10-28-21-32(43)15-17-34(28)42)27-51-40-18-14-30(23-37(40)46)41(48)44-52/h4-6,9,11-12,14-15,17-18,21-23,31,33,39H,3,7-8,10,13,16,19-20,24-27H2,1-2H3/b12-4+/t31-,33+,39-,42-,52+/m0/s1. The van der Waals surface area contributed by atoms with Crippen molar-refractivity contribution in [3.8, 4) is 5.75 Å². The topological polar surface area (TPSA) is 90.2 Å². The summed E-state index contributed by atoms with van der Waals surface area (Å²) < 4.78 is 33.6. The van der Waals surface area contributed by atoms with Gasteiger partial charge in [-0.15, -0.1) is 0 Å². The van der Waals surface area contributed by atoms with Crippen LogP contribution in [-0.4, -0.2) is 64.9 Å². The zero-order chi connectivity index (χ0) is 36.0. The second-order valence-electron chi connectivity index (χ2n) is 15.1. The Morgan fingerprint density at radius 2 is 1.96 bits per heavy atom. The Morgan fingerprint density at radius 3 is 2.77 bits per heavy atom. The van der Waals surface area contributed by atoms with Gasteiger partial charge < -0.3 is 18.9 Å². The van der Waals surface area contributed by atoms with Gasteiger partial charge in [-0.3, -0.25) is 9.59 Å². The van der Waals surface area contributed by atoms with Gasteiger partial charge in [-0.05, 0) is 110 Å². The lowest BCUT2D eigenvalue weighted by Crippen LogP contribution is -2.49. The second-order valence-corrected chi connectivity index (χ2v) is 18.0. The van der Waals surface area contributed by atoms with Gasteiger partial charge in [0.2, 0.25) is 0 Å². The zero-order valence-corrected chi connectivity index (χ0v) is 31.5. The minimum atomic E-state index is -3.25. The van der Waals surface area contributed by atoms with Gasteiger partial charge in [0.05, 0.1) is 39.6 Å². The summed E-state index contributed by atoms with van der Waals surface area (Å²) in [6.45, 7) is 2.05. The van der Waals surface area contributed by atoms with Gasteiger partial charge in [0.15, 0.2) is 5.78 Å². The molecule has 0 radical (unpaired) electrons. The molecule has 0 N–H and O–H groups in total. The lowest BCUT2D eigenvalue weighted by atomic mass is 9.68. The number of methoxy groups -OCH3 is 1. The van der Waals surface area contributed by atoms with Gasteiger partial charge in [0.1, 0.15) is 5.75 Å². The molecule has 0 unspecified atom stereocenters. The SMILES string of the molecule is CO[C@H]1/C=C/CCC[S@@](=O)(CC(=O)c2cc3ccccc3n2C)=NC(=O)c2ccc3c(c2)N(C[C@@H]2CC[C@H]21)C[C@@]1(CCCc2cc(Cl)ccc21)CO3. The van der Waals surface area contributed by atoms with Crippen molar-refractivity contribution in [1.82, 2.24) is 4.57 Å². The van der Waals surface area contributed by atoms with E-state index in [0.717, 1.165) is 72.6 Å². The van der Waals surface area contributed by atoms with E-state index in [2.05, 4.69) is 33.5 Å². The van der Waals surface area contributed by atoms with Crippen LogP contribution in [0.25, 0.3) is 10.9 Å². The number of aryl methyl sites for hydroxylation is 2. The number of para-hydroxylation sites is 1. The molecule has 1 fully saturated rings. The number of rotatable bonds is 4. The summed E-state index contributed by atoms with van der Waals surface area (Å²) in [7, 11) is 0.359. The maximum atomic E-state index is 14.6. The van der Waals surface area contributed by atoms with Crippen molar-refractivity contribution in [2.75, 3.05) is 43.2 Å². The highest BCUT2D eigenvalue weighted by Crippen LogP contribution is 2.47. The molecule has 1 saturated carbocycles. The molecule has 3 aromatic carbocycles. The number of anilines is 1. The van der Waals surface area contributed by atoms with E-state index in [0.29, 0.717) is 42.5 Å². The van der Waals surface area contributed by atoms with Crippen LogP contribution in [-0.2, 0) is 33.3 Å². The Labute approximate surface area is 311 Å². The summed E-state index contributed by atoms with van der Waals surface area (Å²) in [5.74, 6) is 0.428. The van der Waals surface area contributed by atoms with Gasteiger partial charge in [-0.2, -0.15) is 4.36 Å². The highest BCUT2D eigenvalue weighted by molar-refractivity contribution is 7.94. The summed E-state index contributed by atoms with van der Waals surface area (Å²) in [6.07, 6.45) is 10.6. The van der Waals surface area contributed by atoms with Crippen molar-refractivity contribution in [2.24, 2.45) is 23.2 Å². The Kier molecular flexibility index (Phi) is 9.55. The molecule has 3 heterocycles. The van der Waals surface area contributed by atoms with Crippen molar-refractivity contribution < 1.29 is 23.3 Å². The number of nitrogens with zero attached hydrogens (tertiary/aromatic N) is 3. The number of ketones is 1. The third-order valence-electron chi connectivity index (χ3n) is 11.9. The Hall–Kier alpha value is -3.92. The van der Waals surface area contributed by atoms with E-state index in [4.69, 9.17) is 21.1 Å². The number of benzene rings is 3. The highest BCUT2D eigenvalue weighted by atomic mass is 35.5. The van der Waals surface area contributed by atoms with Gasteiger partial charge >= 0.3 is 0 Å². The van der Waals surface area contributed by atoms with Crippen LogP contribution in [0.2, 0.25) is 5.02 Å². The van der Waals surface area contributed by atoms with Crippen molar-refractivity contribution in [1.29, 1.82) is 0 Å². The molecule has 0 saturated heterocycles. The van der Waals surface area contributed by atoms with E-state index >= 15 is 0 Å². The molecule has 8 nitrogen and oxygen atoms in total. The molecule has 4 aromatic rings. The number of hydrogen-bond acceptors (Lipinski definition) is 6. The average molecular weight is 740 g/mol. The number of carbonyl (C=O) groups is 2. The van der Waals surface area contributed by atoms with E-state index in [9.17, 15) is 13.8 Å². The van der Waals surface area contributed by atoms with Gasteiger partial charge in [0, 0.05) is 59.9 Å². The van der Waals surface area contributed by atoms with E-state index in [-0.39, 0.29) is 28.8 Å². The summed E-state index contributed by atoms with van der Waals surface area (Å²) >= 11 is 6.47. The molecular formula is C42H46ClN3O5S. The maximum absolute atomic E-state index is 14.6. The number of ether oxygens (including phenoxy) is 2. The smallest absolute Gasteiger partial charge is 0.285 e. The summed E-state index contributed by atoms with van der Waals surface area (Å²) in [6, 6.07) is 21.3. The predicted octanol–water partition coefficient (Wildman–Crippen LogP) is 8.19. The van der Waals surface area contributed by atoms with E-state index < -0.39 is 15.6 Å². The molecule has 1 amide bonds. The molecule has 10 heteroatoms. The molecule has 2 aliphatic carbocycles. The Balaban J connectivity index is 1.19. The first kappa shape index (κ1) is 35.1. The number of amides is 1. The zero-order valence-electron chi connectivity index (χ0n) is 29.9. The van der Waals surface area contributed by atoms with Crippen LogP contribution >= 0.6 is 11.6 Å². The first-order valence-corrected chi connectivity index (χ1v) is 20.7. The summed E-state index contributed by atoms with van der Waals surface area (Å²) in [5.41, 5.74) is 4.87. The van der Waals surface area contributed by atoms with Crippen LogP contribution in [0.4, 0.5) is 5.69 Å². The van der Waals surface area contributed by atoms with Gasteiger partial charge in [0.25, 0.3) is 5.91 Å². The van der Waals surface area contributed by atoms with Crippen LogP contribution in [0, 0.1) is 11.8 Å². The quantitative estimate of drug-likeness (QED) is 0.155. The fraction of sp³-hybridized carbons (Fsp3) is 0.429. The fourth-order valence-corrected chi connectivity index (χ4v) is 11.1. The van der Waals surface area contributed by atoms with Crippen molar-refractivity contribution >= 4 is 49.6 Å². The minimum Gasteiger partial charge on any atom is -0.490 e. The average Bonchev–Trinajstić information content (AvgIpc) is 3.38. The number of fused-ring (bicyclic) bond motifs is 5. The molecule has 5 atom stereocenters. The van der Waals surface area contributed by atoms with E-state index in [1.807, 2.05) is 60.1 Å². The lowest BCUT2D eigenvalue weighted by molar-refractivity contribution is 0.0132. The van der Waals surface area contributed by atoms with Crippen molar-refractivity contribution in [2.45, 2.75) is 56.5 Å². The molecule has 272 valence electrons. The minimum absolute atomic E-state index is 0.0316. The van der Waals surface area contributed by atoms with Crippen molar-refractivity contribution in [3.05, 3.63) is 106 Å². The molecule has 2 aliphatic heterocycles. The van der Waals surface area contributed by atoms with Crippen LogP contribution in [0.3, 0.4) is 0 Å². The number of carbonyl (C=O) groups excluding carboxylic acids is 2.